The summed E-state index contributed by atoms with van der Waals surface area (Å²) in [6.45, 7) is 8.88. The Balaban J connectivity index is 2.80. The van der Waals surface area contributed by atoms with E-state index in [0.717, 1.165) is 30.6 Å². The number of para-hydroxylation sites is 1. The predicted octanol–water partition coefficient (Wildman–Crippen LogP) is 5.01. The number of halogens is 1. The third-order valence-electron chi connectivity index (χ3n) is 4.52. The van der Waals surface area contributed by atoms with Crippen LogP contribution in [0.1, 0.15) is 51.4 Å². The molecule has 104 valence electrons. The zero-order chi connectivity index (χ0) is 14.0. The van der Waals surface area contributed by atoms with E-state index in [1.165, 1.54) is 11.1 Å². The molecule has 1 heterocycles. The number of hydrogen-bond acceptors (Lipinski definition) is 1. The summed E-state index contributed by atoms with van der Waals surface area (Å²) in [5, 5.41) is 0. The van der Waals surface area contributed by atoms with Crippen molar-refractivity contribution in [1.29, 1.82) is 0 Å². The Kier molecular flexibility index (Phi) is 4.19. The van der Waals surface area contributed by atoms with E-state index in [-0.39, 0.29) is 5.54 Å². The lowest BCUT2D eigenvalue weighted by Crippen LogP contribution is -2.32. The highest BCUT2D eigenvalue weighted by Crippen LogP contribution is 2.35. The summed E-state index contributed by atoms with van der Waals surface area (Å²) in [4.78, 5) is 4.77. The van der Waals surface area contributed by atoms with Gasteiger partial charge < -0.3 is 4.57 Å². The zero-order valence-corrected chi connectivity index (χ0v) is 13.1. The Bertz CT molecular complexity index is 559. The van der Waals surface area contributed by atoms with Gasteiger partial charge in [-0.2, -0.15) is 0 Å². The molecule has 19 heavy (non-hydrogen) atoms. The monoisotopic (exact) mass is 278 g/mol. The Morgan fingerprint density at radius 1 is 1.16 bits per heavy atom. The van der Waals surface area contributed by atoms with Crippen LogP contribution in [0.5, 0.6) is 0 Å². The molecular weight excluding hydrogens is 256 g/mol. The normalized spacial score (nSPS) is 12.3. The molecule has 2 aromatic rings. The quantitative estimate of drug-likeness (QED) is 0.703. The molecule has 0 spiro atoms. The highest BCUT2D eigenvalue weighted by Gasteiger charge is 2.30. The Hall–Kier alpha value is -1.02. The molecule has 2 rings (SSSR count). The summed E-state index contributed by atoms with van der Waals surface area (Å²) in [6.07, 6.45) is 3.30. The number of imidazole rings is 1. The summed E-state index contributed by atoms with van der Waals surface area (Å²) in [6, 6.07) is 6.39. The molecule has 0 aliphatic carbocycles. The number of nitrogens with zero attached hydrogens (tertiary/aromatic N) is 2. The van der Waals surface area contributed by atoms with Gasteiger partial charge in [0.25, 0.3) is 0 Å². The summed E-state index contributed by atoms with van der Waals surface area (Å²) >= 11 is 6.15. The first kappa shape index (κ1) is 14.4. The van der Waals surface area contributed by atoms with Crippen LogP contribution in [0.3, 0.4) is 0 Å². The van der Waals surface area contributed by atoms with Crippen molar-refractivity contribution in [3.8, 4) is 0 Å². The summed E-state index contributed by atoms with van der Waals surface area (Å²) in [5.74, 6) is 1.46. The minimum absolute atomic E-state index is 0.132. The number of benzene rings is 1. The zero-order valence-electron chi connectivity index (χ0n) is 12.3. The van der Waals surface area contributed by atoms with Crippen LogP contribution in [0.4, 0.5) is 0 Å². The molecular formula is C16H23ClN2. The maximum Gasteiger partial charge on any atom is 0.125 e. The highest BCUT2D eigenvalue weighted by molar-refractivity contribution is 6.16. The Morgan fingerprint density at radius 2 is 1.79 bits per heavy atom. The van der Waals surface area contributed by atoms with Crippen molar-refractivity contribution in [2.24, 2.45) is 0 Å². The van der Waals surface area contributed by atoms with Crippen molar-refractivity contribution in [1.82, 2.24) is 9.55 Å². The molecule has 0 atom stereocenters. The molecule has 0 saturated heterocycles. The molecule has 0 aliphatic heterocycles. The molecule has 2 nitrogen and oxygen atoms in total. The third kappa shape index (κ3) is 2.16. The van der Waals surface area contributed by atoms with Crippen molar-refractivity contribution in [3.63, 3.8) is 0 Å². The number of aromatic nitrogens is 2. The maximum absolute atomic E-state index is 6.15. The molecule has 1 aromatic heterocycles. The van der Waals surface area contributed by atoms with Crippen LogP contribution >= 0.6 is 11.6 Å². The number of aryl methyl sites for hydroxylation is 1. The van der Waals surface area contributed by atoms with Gasteiger partial charge in [0.15, 0.2) is 0 Å². The molecule has 0 fully saturated rings. The first-order valence-corrected chi connectivity index (χ1v) is 7.70. The van der Waals surface area contributed by atoms with Crippen LogP contribution < -0.4 is 0 Å². The molecule has 0 aliphatic rings. The first-order chi connectivity index (χ1) is 9.13. The lowest BCUT2D eigenvalue weighted by atomic mass is 9.89. The van der Waals surface area contributed by atoms with Crippen molar-refractivity contribution in [2.75, 3.05) is 0 Å². The van der Waals surface area contributed by atoms with Gasteiger partial charge in [0.1, 0.15) is 5.82 Å². The molecule has 0 N–H and O–H groups in total. The molecule has 3 heteroatoms. The Morgan fingerprint density at radius 3 is 2.32 bits per heavy atom. The second kappa shape index (κ2) is 5.54. The van der Waals surface area contributed by atoms with Gasteiger partial charge in [-0.05, 0) is 37.8 Å². The maximum atomic E-state index is 6.15. The number of alkyl halides is 1. The van der Waals surface area contributed by atoms with Gasteiger partial charge in [-0.25, -0.2) is 4.98 Å². The minimum Gasteiger partial charge on any atom is -0.321 e. The fourth-order valence-electron chi connectivity index (χ4n) is 3.13. The smallest absolute Gasteiger partial charge is 0.125 e. The largest absolute Gasteiger partial charge is 0.321 e. The highest BCUT2D eigenvalue weighted by atomic mass is 35.5. The topological polar surface area (TPSA) is 17.8 Å². The SMILES string of the molecule is CCC(CC)(CC)n1c(CCl)nc2c(C)cccc21. The molecule has 0 radical (unpaired) electrons. The Labute approximate surface area is 120 Å². The first-order valence-electron chi connectivity index (χ1n) is 7.16. The van der Waals surface area contributed by atoms with Crippen molar-refractivity contribution < 1.29 is 0 Å². The number of rotatable bonds is 5. The van der Waals surface area contributed by atoms with Gasteiger partial charge >= 0.3 is 0 Å². The van der Waals surface area contributed by atoms with Crippen LogP contribution in [0.25, 0.3) is 11.0 Å². The fraction of sp³-hybridized carbons (Fsp3) is 0.562. The van der Waals surface area contributed by atoms with Gasteiger partial charge in [-0.1, -0.05) is 32.9 Å². The summed E-state index contributed by atoms with van der Waals surface area (Å²) in [5.41, 5.74) is 3.67. The summed E-state index contributed by atoms with van der Waals surface area (Å²) < 4.78 is 2.39. The van der Waals surface area contributed by atoms with Crippen molar-refractivity contribution in [3.05, 3.63) is 29.6 Å². The second-order valence-corrected chi connectivity index (χ2v) is 5.49. The van der Waals surface area contributed by atoms with Crippen LogP contribution in [0, 0.1) is 6.92 Å². The van der Waals surface area contributed by atoms with Crippen LogP contribution in [0.2, 0.25) is 0 Å². The molecule has 0 amide bonds. The minimum atomic E-state index is 0.132. The van der Waals surface area contributed by atoms with Gasteiger partial charge in [0.2, 0.25) is 0 Å². The predicted molar refractivity (Wildman–Crippen MR) is 82.9 cm³/mol. The van der Waals surface area contributed by atoms with E-state index in [4.69, 9.17) is 16.6 Å². The average molecular weight is 279 g/mol. The van der Waals surface area contributed by atoms with E-state index in [1.807, 2.05) is 0 Å². The van der Waals surface area contributed by atoms with Crippen LogP contribution in [-0.2, 0) is 11.4 Å². The third-order valence-corrected chi connectivity index (χ3v) is 4.76. The van der Waals surface area contributed by atoms with Gasteiger partial charge in [-0.3, -0.25) is 0 Å². The van der Waals surface area contributed by atoms with Crippen molar-refractivity contribution in [2.45, 2.75) is 58.4 Å². The van der Waals surface area contributed by atoms with E-state index in [0.29, 0.717) is 5.88 Å². The van der Waals surface area contributed by atoms with E-state index >= 15 is 0 Å². The molecule has 0 saturated carbocycles. The number of fused-ring (bicyclic) bond motifs is 1. The van der Waals surface area contributed by atoms with E-state index < -0.39 is 0 Å². The standard InChI is InChI=1S/C16H23ClN2/c1-5-16(6-2,7-3)19-13-10-8-9-12(4)15(13)18-14(19)11-17/h8-10H,5-7,11H2,1-4H3. The van der Waals surface area contributed by atoms with Crippen LogP contribution in [-0.4, -0.2) is 9.55 Å². The number of hydrogen-bond donors (Lipinski definition) is 0. The van der Waals surface area contributed by atoms with Crippen molar-refractivity contribution >= 4 is 22.6 Å². The van der Waals surface area contributed by atoms with E-state index in [2.05, 4.69) is 50.5 Å². The van der Waals surface area contributed by atoms with E-state index in [1.54, 1.807) is 0 Å². The lowest BCUT2D eigenvalue weighted by Gasteiger charge is -2.34. The van der Waals surface area contributed by atoms with Gasteiger partial charge in [0.05, 0.1) is 16.9 Å². The van der Waals surface area contributed by atoms with Crippen LogP contribution in [0.15, 0.2) is 18.2 Å². The summed E-state index contributed by atoms with van der Waals surface area (Å²) in [7, 11) is 0. The molecule has 1 aromatic carbocycles. The molecule has 0 bridgehead atoms. The molecule has 0 unspecified atom stereocenters. The average Bonchev–Trinajstić information content (AvgIpc) is 2.83. The van der Waals surface area contributed by atoms with Gasteiger partial charge in [0, 0.05) is 5.54 Å². The fourth-order valence-corrected chi connectivity index (χ4v) is 3.31. The second-order valence-electron chi connectivity index (χ2n) is 5.22. The lowest BCUT2D eigenvalue weighted by molar-refractivity contribution is 0.253. The van der Waals surface area contributed by atoms with E-state index in [9.17, 15) is 0 Å². The van der Waals surface area contributed by atoms with Gasteiger partial charge in [-0.15, -0.1) is 11.6 Å².